The number of nitrogens with one attached hydrogen (secondary N) is 1. The fourth-order valence-electron chi connectivity index (χ4n) is 4.56. The minimum atomic E-state index is 0.282. The molecular formula is C20H32N2O. The third-order valence-electron chi connectivity index (χ3n) is 6.03. The second-order valence-corrected chi connectivity index (χ2v) is 7.51. The summed E-state index contributed by atoms with van der Waals surface area (Å²) in [7, 11) is 0. The third kappa shape index (κ3) is 3.55. The summed E-state index contributed by atoms with van der Waals surface area (Å²) in [5, 5.41) is 3.42. The van der Waals surface area contributed by atoms with E-state index in [2.05, 4.69) is 36.2 Å². The lowest BCUT2D eigenvalue weighted by molar-refractivity contribution is -0.129. The minimum absolute atomic E-state index is 0.282. The van der Waals surface area contributed by atoms with Crippen molar-refractivity contribution in [2.75, 3.05) is 19.6 Å². The lowest BCUT2D eigenvalue weighted by Gasteiger charge is -2.36. The van der Waals surface area contributed by atoms with Crippen LogP contribution in [0.5, 0.6) is 0 Å². The molecule has 0 aromatic rings. The maximum atomic E-state index is 13.3. The van der Waals surface area contributed by atoms with Crippen LogP contribution in [0.15, 0.2) is 23.3 Å². The number of rotatable bonds is 5. The van der Waals surface area contributed by atoms with Gasteiger partial charge in [0.15, 0.2) is 0 Å². The largest absolute Gasteiger partial charge is 0.334 e. The number of carbonyl (C=O) groups is 1. The molecule has 3 unspecified atom stereocenters. The number of allylic oxidation sites excluding steroid dienone is 2. The standard InChI is InChI=1S/C20H32N2O/c1-3-4-13-22(17-11-12-21-14-17)20(23)19-10-9-16-7-5-6-8-18(16)15(19)2/h9-10,16-18,21H,3-8,11-14H2,1-2H3. The summed E-state index contributed by atoms with van der Waals surface area (Å²) in [5.41, 5.74) is 2.35. The van der Waals surface area contributed by atoms with Gasteiger partial charge in [0.1, 0.15) is 0 Å². The highest BCUT2D eigenvalue weighted by atomic mass is 16.2. The maximum absolute atomic E-state index is 13.3. The zero-order chi connectivity index (χ0) is 16.2. The van der Waals surface area contributed by atoms with E-state index in [0.717, 1.165) is 44.5 Å². The van der Waals surface area contributed by atoms with Crippen LogP contribution in [0, 0.1) is 11.8 Å². The number of unbranched alkanes of at least 4 members (excludes halogenated alkanes) is 1. The van der Waals surface area contributed by atoms with Crippen molar-refractivity contribution in [2.45, 2.75) is 64.8 Å². The molecule has 0 spiro atoms. The van der Waals surface area contributed by atoms with Crippen molar-refractivity contribution in [1.29, 1.82) is 0 Å². The molecule has 1 saturated carbocycles. The van der Waals surface area contributed by atoms with E-state index in [4.69, 9.17) is 0 Å². The molecule has 0 aromatic carbocycles. The van der Waals surface area contributed by atoms with Crippen molar-refractivity contribution in [3.8, 4) is 0 Å². The molecule has 3 aliphatic rings. The van der Waals surface area contributed by atoms with Gasteiger partial charge in [0.05, 0.1) is 0 Å². The Kier molecular flexibility index (Phi) is 5.58. The smallest absolute Gasteiger partial charge is 0.254 e. The first-order valence-corrected chi connectivity index (χ1v) is 9.63. The van der Waals surface area contributed by atoms with E-state index in [1.54, 1.807) is 0 Å². The van der Waals surface area contributed by atoms with Crippen molar-refractivity contribution in [3.63, 3.8) is 0 Å². The van der Waals surface area contributed by atoms with Crippen molar-refractivity contribution in [3.05, 3.63) is 23.3 Å². The predicted molar refractivity (Wildman–Crippen MR) is 95.2 cm³/mol. The van der Waals surface area contributed by atoms with Gasteiger partial charge in [-0.25, -0.2) is 0 Å². The SMILES string of the molecule is CCCCN(C(=O)C1=C(C)C2CCCCC2C=C1)C1CCNC1. The average molecular weight is 316 g/mol. The van der Waals surface area contributed by atoms with Gasteiger partial charge in [-0.1, -0.05) is 43.9 Å². The molecule has 1 heterocycles. The molecule has 1 saturated heterocycles. The van der Waals surface area contributed by atoms with Crippen molar-refractivity contribution in [2.24, 2.45) is 11.8 Å². The molecule has 3 rings (SSSR count). The summed E-state index contributed by atoms with van der Waals surface area (Å²) in [6.45, 7) is 7.31. The number of hydrogen-bond acceptors (Lipinski definition) is 2. The van der Waals surface area contributed by atoms with Gasteiger partial charge < -0.3 is 10.2 Å². The molecule has 3 nitrogen and oxygen atoms in total. The zero-order valence-electron chi connectivity index (χ0n) is 14.8. The molecule has 0 aromatic heterocycles. The normalized spacial score (nSPS) is 30.4. The summed E-state index contributed by atoms with van der Waals surface area (Å²) >= 11 is 0. The van der Waals surface area contributed by atoms with Crippen LogP contribution in [0.2, 0.25) is 0 Å². The average Bonchev–Trinajstić information content (AvgIpc) is 3.10. The molecule has 2 aliphatic carbocycles. The molecule has 3 atom stereocenters. The Morgan fingerprint density at radius 3 is 2.87 bits per heavy atom. The van der Waals surface area contributed by atoms with Crippen molar-refractivity contribution >= 4 is 5.91 Å². The van der Waals surface area contributed by atoms with Crippen molar-refractivity contribution in [1.82, 2.24) is 10.2 Å². The number of nitrogens with zero attached hydrogens (tertiary/aromatic N) is 1. The number of hydrogen-bond donors (Lipinski definition) is 1. The highest BCUT2D eigenvalue weighted by Crippen LogP contribution is 2.40. The van der Waals surface area contributed by atoms with Crippen LogP contribution in [-0.2, 0) is 4.79 Å². The first-order chi connectivity index (χ1) is 11.2. The van der Waals surface area contributed by atoms with Crippen LogP contribution in [0.3, 0.4) is 0 Å². The quantitative estimate of drug-likeness (QED) is 0.839. The fraction of sp³-hybridized carbons (Fsp3) is 0.750. The Morgan fingerprint density at radius 2 is 2.13 bits per heavy atom. The minimum Gasteiger partial charge on any atom is -0.334 e. The highest BCUT2D eigenvalue weighted by Gasteiger charge is 2.33. The molecule has 3 heteroatoms. The van der Waals surface area contributed by atoms with Gasteiger partial charge in [0.25, 0.3) is 5.91 Å². The molecule has 128 valence electrons. The van der Waals surface area contributed by atoms with E-state index in [1.807, 2.05) is 0 Å². The Balaban J connectivity index is 1.79. The van der Waals surface area contributed by atoms with E-state index in [-0.39, 0.29) is 5.91 Å². The lowest BCUT2D eigenvalue weighted by Crippen LogP contribution is -2.43. The van der Waals surface area contributed by atoms with Crippen LogP contribution in [0.25, 0.3) is 0 Å². The first kappa shape index (κ1) is 16.8. The van der Waals surface area contributed by atoms with Gasteiger partial charge in [-0.2, -0.15) is 0 Å². The van der Waals surface area contributed by atoms with E-state index in [9.17, 15) is 4.79 Å². The van der Waals surface area contributed by atoms with Gasteiger partial charge in [-0.15, -0.1) is 0 Å². The number of fused-ring (bicyclic) bond motifs is 1. The van der Waals surface area contributed by atoms with Gasteiger partial charge in [-0.3, -0.25) is 4.79 Å². The fourth-order valence-corrected chi connectivity index (χ4v) is 4.56. The maximum Gasteiger partial charge on any atom is 0.254 e. The molecule has 2 fully saturated rings. The summed E-state index contributed by atoms with van der Waals surface area (Å²) < 4.78 is 0. The van der Waals surface area contributed by atoms with Crippen LogP contribution in [-0.4, -0.2) is 36.5 Å². The van der Waals surface area contributed by atoms with Gasteiger partial charge >= 0.3 is 0 Å². The Labute approximate surface area is 141 Å². The topological polar surface area (TPSA) is 32.3 Å². The van der Waals surface area contributed by atoms with E-state index in [1.165, 1.54) is 31.3 Å². The van der Waals surface area contributed by atoms with Crippen LogP contribution >= 0.6 is 0 Å². The molecule has 23 heavy (non-hydrogen) atoms. The Hall–Kier alpha value is -1.09. The number of carbonyl (C=O) groups excluding carboxylic acids is 1. The predicted octanol–water partition coefficient (Wildman–Crippen LogP) is 3.67. The monoisotopic (exact) mass is 316 g/mol. The van der Waals surface area contributed by atoms with Gasteiger partial charge in [-0.05, 0) is 51.0 Å². The lowest BCUT2D eigenvalue weighted by atomic mass is 9.71. The summed E-state index contributed by atoms with van der Waals surface area (Å²) in [4.78, 5) is 15.4. The second-order valence-electron chi connectivity index (χ2n) is 7.51. The second kappa shape index (κ2) is 7.65. The summed E-state index contributed by atoms with van der Waals surface area (Å²) in [5.74, 6) is 1.57. The highest BCUT2D eigenvalue weighted by molar-refractivity contribution is 5.97. The Bertz CT molecular complexity index is 488. The molecule has 0 bridgehead atoms. The molecule has 1 amide bonds. The summed E-state index contributed by atoms with van der Waals surface area (Å²) in [6, 6.07) is 0.381. The molecule has 1 N–H and O–H groups in total. The van der Waals surface area contributed by atoms with Gasteiger partial charge in [0.2, 0.25) is 0 Å². The molecular weight excluding hydrogens is 284 g/mol. The molecule has 1 aliphatic heterocycles. The first-order valence-electron chi connectivity index (χ1n) is 9.63. The number of amides is 1. The summed E-state index contributed by atoms with van der Waals surface area (Å²) in [6.07, 6.45) is 13.0. The van der Waals surface area contributed by atoms with Gasteiger partial charge in [0, 0.05) is 24.7 Å². The Morgan fingerprint density at radius 1 is 1.30 bits per heavy atom. The van der Waals surface area contributed by atoms with E-state index < -0.39 is 0 Å². The van der Waals surface area contributed by atoms with Crippen molar-refractivity contribution < 1.29 is 4.79 Å². The van der Waals surface area contributed by atoms with Crippen LogP contribution in [0.4, 0.5) is 0 Å². The van der Waals surface area contributed by atoms with E-state index in [0.29, 0.717) is 17.9 Å². The van der Waals surface area contributed by atoms with Crippen LogP contribution in [0.1, 0.15) is 58.8 Å². The van der Waals surface area contributed by atoms with E-state index >= 15 is 0 Å². The third-order valence-corrected chi connectivity index (χ3v) is 6.03. The molecule has 0 radical (unpaired) electrons. The van der Waals surface area contributed by atoms with Crippen LogP contribution < -0.4 is 5.32 Å². The zero-order valence-corrected chi connectivity index (χ0v) is 14.8.